The molecular formula is C15H23NO3. The Hall–Kier alpha value is -1.55. The Kier molecular flexibility index (Phi) is 5.36. The summed E-state index contributed by atoms with van der Waals surface area (Å²) < 4.78 is 5.31. The van der Waals surface area contributed by atoms with Crippen LogP contribution in [0.2, 0.25) is 0 Å². The number of hydrogen-bond donors (Lipinski definition) is 2. The third-order valence-corrected chi connectivity index (χ3v) is 3.67. The fourth-order valence-corrected chi connectivity index (χ4v) is 2.19. The molecular weight excluding hydrogens is 242 g/mol. The molecule has 1 rings (SSSR count). The first-order chi connectivity index (χ1) is 8.99. The maximum Gasteiger partial charge on any atom is 0.323 e. The van der Waals surface area contributed by atoms with Crippen molar-refractivity contribution in [2.24, 2.45) is 0 Å². The lowest BCUT2D eigenvalue weighted by atomic mass is 9.92. The minimum Gasteiger partial charge on any atom is -0.496 e. The van der Waals surface area contributed by atoms with E-state index in [2.05, 4.69) is 5.32 Å². The molecule has 106 valence electrons. The van der Waals surface area contributed by atoms with Gasteiger partial charge in [-0.3, -0.25) is 10.1 Å². The quantitative estimate of drug-likeness (QED) is 0.796. The monoisotopic (exact) mass is 265 g/mol. The van der Waals surface area contributed by atoms with E-state index in [1.807, 2.05) is 39.0 Å². The van der Waals surface area contributed by atoms with E-state index in [-0.39, 0.29) is 0 Å². The average molecular weight is 265 g/mol. The average Bonchev–Trinajstić information content (AvgIpc) is 2.40. The number of nitrogens with one attached hydrogen (secondary N) is 1. The molecule has 0 aliphatic heterocycles. The maximum absolute atomic E-state index is 11.4. The molecule has 0 bridgehead atoms. The molecule has 0 aliphatic carbocycles. The summed E-state index contributed by atoms with van der Waals surface area (Å²) in [4.78, 5) is 11.4. The van der Waals surface area contributed by atoms with Crippen molar-refractivity contribution in [3.63, 3.8) is 0 Å². The van der Waals surface area contributed by atoms with Crippen molar-refractivity contribution in [3.05, 3.63) is 29.3 Å². The summed E-state index contributed by atoms with van der Waals surface area (Å²) in [7, 11) is 1.62. The molecule has 19 heavy (non-hydrogen) atoms. The highest BCUT2D eigenvalue weighted by atomic mass is 16.5. The molecule has 0 aromatic heterocycles. The van der Waals surface area contributed by atoms with Gasteiger partial charge >= 0.3 is 5.97 Å². The summed E-state index contributed by atoms with van der Waals surface area (Å²) in [5, 5.41) is 12.6. The second-order valence-corrected chi connectivity index (χ2v) is 4.76. The number of rotatable bonds is 7. The van der Waals surface area contributed by atoms with Gasteiger partial charge in [-0.15, -0.1) is 0 Å². The molecule has 0 amide bonds. The van der Waals surface area contributed by atoms with Crippen LogP contribution in [-0.4, -0.2) is 23.7 Å². The predicted octanol–water partition coefficient (Wildman–Crippen LogP) is 2.74. The highest BCUT2D eigenvalue weighted by Crippen LogP contribution is 2.22. The minimum atomic E-state index is -0.866. The van der Waals surface area contributed by atoms with Crippen LogP contribution < -0.4 is 10.1 Å². The number of carboxylic acid groups (broad SMARTS) is 1. The van der Waals surface area contributed by atoms with Gasteiger partial charge in [-0.05, 0) is 25.8 Å². The van der Waals surface area contributed by atoms with Crippen LogP contribution in [-0.2, 0) is 11.3 Å². The van der Waals surface area contributed by atoms with E-state index in [0.717, 1.165) is 16.9 Å². The summed E-state index contributed by atoms with van der Waals surface area (Å²) in [6.07, 6.45) is 1.10. The lowest BCUT2D eigenvalue weighted by Crippen LogP contribution is -2.50. The van der Waals surface area contributed by atoms with Crippen LogP contribution in [0, 0.1) is 6.92 Å². The van der Waals surface area contributed by atoms with Crippen molar-refractivity contribution in [1.29, 1.82) is 0 Å². The summed E-state index contributed by atoms with van der Waals surface area (Å²) in [6, 6.07) is 5.91. The molecule has 0 spiro atoms. The van der Waals surface area contributed by atoms with Crippen LogP contribution in [0.3, 0.4) is 0 Å². The van der Waals surface area contributed by atoms with Crippen LogP contribution in [0.1, 0.15) is 37.8 Å². The normalized spacial score (nSPS) is 11.4. The smallest absolute Gasteiger partial charge is 0.323 e. The van der Waals surface area contributed by atoms with Crippen molar-refractivity contribution in [2.75, 3.05) is 7.11 Å². The van der Waals surface area contributed by atoms with Gasteiger partial charge in [0.15, 0.2) is 0 Å². The maximum atomic E-state index is 11.4. The van der Waals surface area contributed by atoms with Gasteiger partial charge in [-0.1, -0.05) is 31.5 Å². The highest BCUT2D eigenvalue weighted by Gasteiger charge is 2.34. The fraction of sp³-hybridized carbons (Fsp3) is 0.533. The number of benzene rings is 1. The molecule has 0 saturated heterocycles. The zero-order valence-corrected chi connectivity index (χ0v) is 12.1. The van der Waals surface area contributed by atoms with Crippen molar-refractivity contribution >= 4 is 5.97 Å². The van der Waals surface area contributed by atoms with E-state index < -0.39 is 11.5 Å². The molecule has 1 aromatic rings. The molecule has 0 saturated carbocycles. The summed E-state index contributed by atoms with van der Waals surface area (Å²) in [6.45, 7) is 6.27. The Labute approximate surface area is 114 Å². The van der Waals surface area contributed by atoms with E-state index in [4.69, 9.17) is 4.74 Å². The number of ether oxygens (including phenoxy) is 1. The van der Waals surface area contributed by atoms with Gasteiger partial charge in [0.1, 0.15) is 11.3 Å². The second-order valence-electron chi connectivity index (χ2n) is 4.76. The molecule has 0 unspecified atom stereocenters. The SMILES string of the molecule is CCC(CC)(NCc1cc(C)ccc1OC)C(=O)O. The van der Waals surface area contributed by atoms with Crippen LogP contribution in [0.25, 0.3) is 0 Å². The Bertz CT molecular complexity index is 439. The predicted molar refractivity (Wildman–Crippen MR) is 75.5 cm³/mol. The molecule has 0 fully saturated rings. The van der Waals surface area contributed by atoms with Gasteiger partial charge in [-0.2, -0.15) is 0 Å². The first kappa shape index (κ1) is 15.5. The van der Waals surface area contributed by atoms with Gasteiger partial charge in [0.25, 0.3) is 0 Å². The van der Waals surface area contributed by atoms with Crippen molar-refractivity contribution in [3.8, 4) is 5.75 Å². The van der Waals surface area contributed by atoms with Gasteiger partial charge in [0.2, 0.25) is 0 Å². The van der Waals surface area contributed by atoms with Crippen molar-refractivity contribution in [2.45, 2.75) is 45.7 Å². The van der Waals surface area contributed by atoms with Crippen LogP contribution >= 0.6 is 0 Å². The summed E-state index contributed by atoms with van der Waals surface area (Å²) in [5.41, 5.74) is 1.25. The largest absolute Gasteiger partial charge is 0.496 e. The second kappa shape index (κ2) is 6.57. The Morgan fingerprint density at radius 1 is 1.37 bits per heavy atom. The Balaban J connectivity index is 2.91. The standard InChI is InChI=1S/C15H23NO3/c1-5-15(6-2,14(17)18)16-10-12-9-11(3)7-8-13(12)19-4/h7-9,16H,5-6,10H2,1-4H3,(H,17,18). The Morgan fingerprint density at radius 3 is 2.47 bits per heavy atom. The summed E-state index contributed by atoms with van der Waals surface area (Å²) >= 11 is 0. The number of carbonyl (C=O) groups is 1. The molecule has 0 aliphatic rings. The van der Waals surface area contributed by atoms with Crippen molar-refractivity contribution in [1.82, 2.24) is 5.32 Å². The lowest BCUT2D eigenvalue weighted by Gasteiger charge is -2.28. The van der Waals surface area contributed by atoms with Crippen LogP contribution in [0.5, 0.6) is 5.75 Å². The first-order valence-electron chi connectivity index (χ1n) is 6.61. The molecule has 0 radical (unpaired) electrons. The highest BCUT2D eigenvalue weighted by molar-refractivity contribution is 5.78. The minimum absolute atomic E-state index is 0.485. The van der Waals surface area contributed by atoms with E-state index in [1.54, 1.807) is 7.11 Å². The van der Waals surface area contributed by atoms with Gasteiger partial charge in [0, 0.05) is 12.1 Å². The van der Waals surface area contributed by atoms with E-state index in [1.165, 1.54) is 0 Å². The van der Waals surface area contributed by atoms with Crippen molar-refractivity contribution < 1.29 is 14.6 Å². The number of carboxylic acids is 1. The zero-order chi connectivity index (χ0) is 14.5. The fourth-order valence-electron chi connectivity index (χ4n) is 2.19. The third kappa shape index (κ3) is 3.47. The molecule has 0 atom stereocenters. The van der Waals surface area contributed by atoms with Gasteiger partial charge in [0.05, 0.1) is 7.11 Å². The number of aliphatic carboxylic acids is 1. The molecule has 1 aromatic carbocycles. The number of aryl methyl sites for hydroxylation is 1. The first-order valence-corrected chi connectivity index (χ1v) is 6.61. The molecule has 2 N–H and O–H groups in total. The summed E-state index contributed by atoms with van der Waals surface area (Å²) in [5.74, 6) is -0.0197. The Morgan fingerprint density at radius 2 is 2.00 bits per heavy atom. The van der Waals surface area contributed by atoms with E-state index in [9.17, 15) is 9.90 Å². The molecule has 4 nitrogen and oxygen atoms in total. The number of hydrogen-bond acceptors (Lipinski definition) is 3. The van der Waals surface area contributed by atoms with Gasteiger partial charge in [-0.25, -0.2) is 0 Å². The van der Waals surface area contributed by atoms with E-state index >= 15 is 0 Å². The third-order valence-electron chi connectivity index (χ3n) is 3.67. The molecule has 0 heterocycles. The van der Waals surface area contributed by atoms with Crippen LogP contribution in [0.4, 0.5) is 0 Å². The van der Waals surface area contributed by atoms with Gasteiger partial charge < -0.3 is 9.84 Å². The lowest BCUT2D eigenvalue weighted by molar-refractivity contribution is -0.145. The number of methoxy groups -OCH3 is 1. The molecule has 4 heteroatoms. The topological polar surface area (TPSA) is 58.6 Å². The van der Waals surface area contributed by atoms with E-state index in [0.29, 0.717) is 19.4 Å². The zero-order valence-electron chi connectivity index (χ0n) is 12.1. The van der Waals surface area contributed by atoms with Crippen LogP contribution in [0.15, 0.2) is 18.2 Å².